The second-order valence-corrected chi connectivity index (χ2v) is 7.07. The predicted octanol–water partition coefficient (Wildman–Crippen LogP) is 4.16. The van der Waals surface area contributed by atoms with Crippen LogP contribution in [-0.2, 0) is 0 Å². The molecule has 2 N–H and O–H groups in total. The monoisotopic (exact) mass is 289 g/mol. The number of aliphatic hydroxyl groups excluding tert-OH is 1. The van der Waals surface area contributed by atoms with Crippen molar-refractivity contribution in [1.82, 2.24) is 5.32 Å². The molecular formula is C17H23NOS. The number of aliphatic hydroxyl groups is 1. The summed E-state index contributed by atoms with van der Waals surface area (Å²) in [6.45, 7) is 4.50. The highest BCUT2D eigenvalue weighted by atomic mass is 32.1. The van der Waals surface area contributed by atoms with Crippen LogP contribution >= 0.6 is 11.3 Å². The minimum Gasteiger partial charge on any atom is -0.393 e. The summed E-state index contributed by atoms with van der Waals surface area (Å²) in [5, 5.41) is 14.7. The van der Waals surface area contributed by atoms with Gasteiger partial charge in [-0.3, -0.25) is 0 Å². The maximum absolute atomic E-state index is 9.59. The second kappa shape index (κ2) is 5.84. The third-order valence-electron chi connectivity index (χ3n) is 4.46. The van der Waals surface area contributed by atoms with Crippen LogP contribution in [-0.4, -0.2) is 17.3 Å². The molecule has 1 unspecified atom stereocenters. The summed E-state index contributed by atoms with van der Waals surface area (Å²) in [6, 6.07) is 9.61. The van der Waals surface area contributed by atoms with Gasteiger partial charge in [0.2, 0.25) is 0 Å². The van der Waals surface area contributed by atoms with Gasteiger partial charge < -0.3 is 10.4 Å². The molecule has 1 saturated carbocycles. The Balaban J connectivity index is 1.75. The number of nitrogens with one attached hydrogen (secondary N) is 1. The molecular weight excluding hydrogens is 266 g/mol. The fourth-order valence-electron chi connectivity index (χ4n) is 3.28. The summed E-state index contributed by atoms with van der Waals surface area (Å²) in [7, 11) is 0. The topological polar surface area (TPSA) is 32.3 Å². The van der Waals surface area contributed by atoms with Crippen LogP contribution in [0.3, 0.4) is 0 Å². The molecule has 1 heterocycles. The fourth-order valence-corrected chi connectivity index (χ4v) is 4.50. The number of fused-ring (bicyclic) bond motifs is 1. The molecule has 0 saturated heterocycles. The first-order chi connectivity index (χ1) is 9.65. The van der Waals surface area contributed by atoms with Gasteiger partial charge in [0.15, 0.2) is 0 Å². The highest BCUT2D eigenvalue weighted by Gasteiger charge is 2.22. The van der Waals surface area contributed by atoms with Crippen LogP contribution in [0.5, 0.6) is 0 Å². The van der Waals surface area contributed by atoms with Gasteiger partial charge in [0.25, 0.3) is 0 Å². The molecule has 108 valence electrons. The van der Waals surface area contributed by atoms with E-state index in [4.69, 9.17) is 0 Å². The summed E-state index contributed by atoms with van der Waals surface area (Å²) < 4.78 is 1.38. The lowest BCUT2D eigenvalue weighted by atomic mass is 9.92. The molecule has 3 heteroatoms. The van der Waals surface area contributed by atoms with Crippen LogP contribution in [0.25, 0.3) is 10.1 Å². The molecule has 0 amide bonds. The molecule has 0 aliphatic heterocycles. The zero-order chi connectivity index (χ0) is 14.1. The Morgan fingerprint density at radius 1 is 1.20 bits per heavy atom. The average molecular weight is 289 g/mol. The molecule has 0 radical (unpaired) electrons. The lowest BCUT2D eigenvalue weighted by Crippen LogP contribution is -2.36. The van der Waals surface area contributed by atoms with Crippen molar-refractivity contribution < 1.29 is 5.11 Å². The van der Waals surface area contributed by atoms with E-state index in [1.807, 2.05) is 11.3 Å². The molecule has 0 bridgehead atoms. The van der Waals surface area contributed by atoms with Gasteiger partial charge in [-0.25, -0.2) is 0 Å². The van der Waals surface area contributed by atoms with E-state index in [9.17, 15) is 5.11 Å². The van der Waals surface area contributed by atoms with Crippen LogP contribution < -0.4 is 5.32 Å². The quantitative estimate of drug-likeness (QED) is 0.889. The Morgan fingerprint density at radius 2 is 1.90 bits per heavy atom. The number of hydrogen-bond donors (Lipinski definition) is 2. The first-order valence-corrected chi connectivity index (χ1v) is 8.39. The number of benzene rings is 1. The zero-order valence-corrected chi connectivity index (χ0v) is 13.0. The van der Waals surface area contributed by atoms with Crippen molar-refractivity contribution >= 4 is 21.4 Å². The maximum Gasteiger partial charge on any atom is 0.0541 e. The summed E-state index contributed by atoms with van der Waals surface area (Å²) in [4.78, 5) is 1.46. The van der Waals surface area contributed by atoms with Gasteiger partial charge in [0, 0.05) is 21.7 Å². The predicted molar refractivity (Wildman–Crippen MR) is 86.4 cm³/mol. The molecule has 0 spiro atoms. The van der Waals surface area contributed by atoms with Crippen molar-refractivity contribution in [2.45, 2.75) is 57.7 Å². The van der Waals surface area contributed by atoms with Crippen LogP contribution in [0, 0.1) is 6.92 Å². The molecule has 1 aromatic carbocycles. The molecule has 1 atom stereocenters. The van der Waals surface area contributed by atoms with Crippen LogP contribution in [0.1, 0.15) is 49.1 Å². The van der Waals surface area contributed by atoms with Gasteiger partial charge in [0.1, 0.15) is 0 Å². The Labute approximate surface area is 124 Å². The van der Waals surface area contributed by atoms with E-state index >= 15 is 0 Å². The third-order valence-corrected chi connectivity index (χ3v) is 5.91. The Bertz CT molecular complexity index is 584. The van der Waals surface area contributed by atoms with E-state index in [1.54, 1.807) is 0 Å². The van der Waals surface area contributed by atoms with Crippen molar-refractivity contribution in [1.29, 1.82) is 0 Å². The Kier molecular flexibility index (Phi) is 4.11. The minimum absolute atomic E-state index is 0.0746. The number of thiophene rings is 1. The molecule has 20 heavy (non-hydrogen) atoms. The van der Waals surface area contributed by atoms with E-state index in [0.717, 1.165) is 25.7 Å². The van der Waals surface area contributed by atoms with Gasteiger partial charge in [-0.1, -0.05) is 18.2 Å². The number of hydrogen-bond acceptors (Lipinski definition) is 3. The lowest BCUT2D eigenvalue weighted by Gasteiger charge is -2.29. The lowest BCUT2D eigenvalue weighted by molar-refractivity contribution is 0.114. The van der Waals surface area contributed by atoms with Crippen LogP contribution in [0.2, 0.25) is 0 Å². The van der Waals surface area contributed by atoms with Gasteiger partial charge >= 0.3 is 0 Å². The second-order valence-electron chi connectivity index (χ2n) is 5.98. The van der Waals surface area contributed by atoms with Gasteiger partial charge in [-0.2, -0.15) is 0 Å². The summed E-state index contributed by atoms with van der Waals surface area (Å²) in [5.74, 6) is 0. The first kappa shape index (κ1) is 14.1. The van der Waals surface area contributed by atoms with E-state index in [1.165, 1.54) is 20.5 Å². The van der Waals surface area contributed by atoms with E-state index < -0.39 is 0 Å². The standard InChI is InChI=1S/C17H23NOS/c1-11-15-5-3-4-6-16(15)20-17(11)12(2)18-13-7-9-14(19)10-8-13/h3-6,12-14,18-19H,7-10H2,1-2H3. The third kappa shape index (κ3) is 2.76. The largest absolute Gasteiger partial charge is 0.393 e. The Morgan fingerprint density at radius 3 is 2.60 bits per heavy atom. The number of aryl methyl sites for hydroxylation is 1. The normalized spacial score (nSPS) is 24.9. The maximum atomic E-state index is 9.59. The van der Waals surface area contributed by atoms with E-state index in [-0.39, 0.29) is 6.10 Å². The van der Waals surface area contributed by atoms with Crippen LogP contribution in [0.15, 0.2) is 24.3 Å². The van der Waals surface area contributed by atoms with Gasteiger partial charge in [-0.05, 0) is 56.5 Å². The van der Waals surface area contributed by atoms with Crippen molar-refractivity contribution in [2.24, 2.45) is 0 Å². The van der Waals surface area contributed by atoms with Crippen molar-refractivity contribution in [3.05, 3.63) is 34.7 Å². The average Bonchev–Trinajstić information content (AvgIpc) is 2.79. The molecule has 2 nitrogen and oxygen atoms in total. The van der Waals surface area contributed by atoms with Crippen molar-refractivity contribution in [3.63, 3.8) is 0 Å². The smallest absolute Gasteiger partial charge is 0.0541 e. The Hall–Kier alpha value is -0.900. The highest BCUT2D eigenvalue weighted by Crippen LogP contribution is 2.35. The molecule has 1 aliphatic rings. The molecule has 1 aromatic heterocycles. The highest BCUT2D eigenvalue weighted by molar-refractivity contribution is 7.19. The molecule has 1 fully saturated rings. The zero-order valence-electron chi connectivity index (χ0n) is 12.2. The fraction of sp³-hybridized carbons (Fsp3) is 0.529. The summed E-state index contributed by atoms with van der Waals surface area (Å²) >= 11 is 1.91. The van der Waals surface area contributed by atoms with Crippen molar-refractivity contribution in [3.8, 4) is 0 Å². The van der Waals surface area contributed by atoms with Gasteiger partial charge in [-0.15, -0.1) is 11.3 Å². The minimum atomic E-state index is -0.0746. The van der Waals surface area contributed by atoms with E-state index in [0.29, 0.717) is 12.1 Å². The van der Waals surface area contributed by atoms with Crippen molar-refractivity contribution in [2.75, 3.05) is 0 Å². The van der Waals surface area contributed by atoms with E-state index in [2.05, 4.69) is 43.4 Å². The summed E-state index contributed by atoms with van der Waals surface area (Å²) in [6.07, 6.45) is 3.99. The molecule has 3 rings (SSSR count). The number of rotatable bonds is 3. The van der Waals surface area contributed by atoms with Gasteiger partial charge in [0.05, 0.1) is 6.10 Å². The summed E-state index contributed by atoms with van der Waals surface area (Å²) in [5.41, 5.74) is 1.42. The first-order valence-electron chi connectivity index (χ1n) is 7.57. The molecule has 2 aromatic rings. The SMILES string of the molecule is Cc1c(C(C)NC2CCC(O)CC2)sc2ccccc12. The van der Waals surface area contributed by atoms with Crippen LogP contribution in [0.4, 0.5) is 0 Å². The molecule has 1 aliphatic carbocycles.